The minimum Gasteiger partial charge on any atom is -0.493 e. The molecule has 0 aliphatic rings. The standard InChI is InChI=1S/C23H32N2O4S/c1-6-11-24(18(3)26)16-23(27)25(15-22-17(2)10-13-30-22)12-9-19-7-8-20(28-4)21(14-19)29-5/h7-8,10,13-14H,6,9,11-12,15-16H2,1-5H3. The van der Waals surface area contributed by atoms with Gasteiger partial charge in [-0.05, 0) is 54.5 Å². The smallest absolute Gasteiger partial charge is 0.242 e. The van der Waals surface area contributed by atoms with Crippen LogP contribution in [0.15, 0.2) is 29.6 Å². The summed E-state index contributed by atoms with van der Waals surface area (Å²) in [6.07, 6.45) is 1.51. The SMILES string of the molecule is CCCN(CC(=O)N(CCc1ccc(OC)c(OC)c1)Cc1sccc1C)C(C)=O. The van der Waals surface area contributed by atoms with E-state index in [2.05, 4.69) is 13.0 Å². The van der Waals surface area contributed by atoms with Crippen molar-refractivity contribution in [3.05, 3.63) is 45.6 Å². The zero-order chi connectivity index (χ0) is 22.1. The summed E-state index contributed by atoms with van der Waals surface area (Å²) in [6, 6.07) is 7.87. The molecule has 0 saturated heterocycles. The molecule has 2 amide bonds. The van der Waals surface area contributed by atoms with Gasteiger partial charge in [-0.2, -0.15) is 0 Å². The van der Waals surface area contributed by atoms with Crippen molar-refractivity contribution < 1.29 is 19.1 Å². The Morgan fingerprint density at radius 1 is 1.03 bits per heavy atom. The second-order valence-corrected chi connectivity index (χ2v) is 8.22. The molecule has 0 aliphatic carbocycles. The second kappa shape index (κ2) is 11.6. The van der Waals surface area contributed by atoms with Crippen molar-refractivity contribution in [2.75, 3.05) is 33.9 Å². The van der Waals surface area contributed by atoms with E-state index in [9.17, 15) is 9.59 Å². The van der Waals surface area contributed by atoms with Crippen LogP contribution < -0.4 is 9.47 Å². The van der Waals surface area contributed by atoms with Gasteiger partial charge < -0.3 is 19.3 Å². The third-order valence-electron chi connectivity index (χ3n) is 5.04. The van der Waals surface area contributed by atoms with Crippen molar-refractivity contribution in [2.45, 2.75) is 40.2 Å². The zero-order valence-corrected chi connectivity index (χ0v) is 19.4. The Balaban J connectivity index is 2.16. The fourth-order valence-corrected chi connectivity index (χ4v) is 4.13. The molecule has 0 spiro atoms. The Labute approximate surface area is 183 Å². The lowest BCUT2D eigenvalue weighted by atomic mass is 10.1. The van der Waals surface area contributed by atoms with Gasteiger partial charge in [-0.25, -0.2) is 0 Å². The van der Waals surface area contributed by atoms with E-state index < -0.39 is 0 Å². The molecule has 0 unspecified atom stereocenters. The first kappa shape index (κ1) is 23.7. The summed E-state index contributed by atoms with van der Waals surface area (Å²) in [6.45, 7) is 7.38. The Hall–Kier alpha value is -2.54. The highest BCUT2D eigenvalue weighted by Gasteiger charge is 2.20. The van der Waals surface area contributed by atoms with Gasteiger partial charge in [0.05, 0.1) is 27.3 Å². The van der Waals surface area contributed by atoms with E-state index in [1.165, 1.54) is 17.4 Å². The molecule has 30 heavy (non-hydrogen) atoms. The molecule has 0 bridgehead atoms. The highest BCUT2D eigenvalue weighted by molar-refractivity contribution is 7.10. The van der Waals surface area contributed by atoms with Crippen molar-refractivity contribution >= 4 is 23.2 Å². The number of methoxy groups -OCH3 is 2. The van der Waals surface area contributed by atoms with Gasteiger partial charge in [0.25, 0.3) is 0 Å². The number of aryl methyl sites for hydroxylation is 1. The lowest BCUT2D eigenvalue weighted by Crippen LogP contribution is -2.43. The molecule has 1 aromatic heterocycles. The molecule has 0 atom stereocenters. The van der Waals surface area contributed by atoms with Crippen LogP contribution in [-0.2, 0) is 22.6 Å². The molecule has 0 fully saturated rings. The van der Waals surface area contributed by atoms with Crippen molar-refractivity contribution in [1.82, 2.24) is 9.80 Å². The van der Waals surface area contributed by atoms with Crippen LogP contribution >= 0.6 is 11.3 Å². The maximum Gasteiger partial charge on any atom is 0.242 e. The quantitative estimate of drug-likeness (QED) is 0.540. The number of hydrogen-bond donors (Lipinski definition) is 0. The molecule has 164 valence electrons. The Kier molecular flexibility index (Phi) is 9.17. The van der Waals surface area contributed by atoms with Gasteiger partial charge in [-0.15, -0.1) is 11.3 Å². The largest absolute Gasteiger partial charge is 0.493 e. The first-order chi connectivity index (χ1) is 14.4. The van der Waals surface area contributed by atoms with Crippen LogP contribution in [0.2, 0.25) is 0 Å². The molecule has 7 heteroatoms. The van der Waals surface area contributed by atoms with Gasteiger partial charge >= 0.3 is 0 Å². The van der Waals surface area contributed by atoms with Crippen molar-refractivity contribution in [1.29, 1.82) is 0 Å². The average Bonchev–Trinajstić information content (AvgIpc) is 3.14. The van der Waals surface area contributed by atoms with Crippen LogP contribution in [0, 0.1) is 6.92 Å². The van der Waals surface area contributed by atoms with E-state index in [4.69, 9.17) is 9.47 Å². The minimum atomic E-state index is -0.0719. The lowest BCUT2D eigenvalue weighted by molar-refractivity contribution is -0.139. The van der Waals surface area contributed by atoms with Gasteiger partial charge in [0.15, 0.2) is 11.5 Å². The van der Waals surface area contributed by atoms with Gasteiger partial charge in [-0.3, -0.25) is 9.59 Å². The van der Waals surface area contributed by atoms with Crippen LogP contribution in [0.1, 0.15) is 36.3 Å². The topological polar surface area (TPSA) is 59.1 Å². The van der Waals surface area contributed by atoms with E-state index in [1.807, 2.05) is 35.4 Å². The van der Waals surface area contributed by atoms with Crippen molar-refractivity contribution in [3.63, 3.8) is 0 Å². The fraction of sp³-hybridized carbons (Fsp3) is 0.478. The van der Waals surface area contributed by atoms with E-state index in [1.54, 1.807) is 30.5 Å². The van der Waals surface area contributed by atoms with E-state index >= 15 is 0 Å². The predicted molar refractivity (Wildman–Crippen MR) is 120 cm³/mol. The van der Waals surface area contributed by atoms with Crippen molar-refractivity contribution in [3.8, 4) is 11.5 Å². The molecular weight excluding hydrogens is 400 g/mol. The summed E-state index contributed by atoms with van der Waals surface area (Å²) in [5, 5.41) is 2.04. The highest BCUT2D eigenvalue weighted by atomic mass is 32.1. The average molecular weight is 433 g/mol. The van der Waals surface area contributed by atoms with Gasteiger partial charge in [0.2, 0.25) is 11.8 Å². The third-order valence-corrected chi connectivity index (χ3v) is 6.05. The number of hydrogen-bond acceptors (Lipinski definition) is 5. The first-order valence-corrected chi connectivity index (χ1v) is 11.0. The maximum atomic E-state index is 13.1. The molecule has 1 aromatic carbocycles. The number of nitrogens with zero attached hydrogens (tertiary/aromatic N) is 2. The molecule has 0 saturated carbocycles. The van der Waals surface area contributed by atoms with E-state index in [0.717, 1.165) is 12.0 Å². The number of carbonyl (C=O) groups is 2. The van der Waals surface area contributed by atoms with Crippen LogP contribution in [0.4, 0.5) is 0 Å². The van der Waals surface area contributed by atoms with Crippen LogP contribution in [-0.4, -0.2) is 55.5 Å². The summed E-state index contributed by atoms with van der Waals surface area (Å²) in [7, 11) is 3.22. The van der Waals surface area contributed by atoms with Crippen LogP contribution in [0.5, 0.6) is 11.5 Å². The fourth-order valence-electron chi connectivity index (χ4n) is 3.21. The van der Waals surface area contributed by atoms with Gasteiger partial charge in [-0.1, -0.05) is 13.0 Å². The second-order valence-electron chi connectivity index (χ2n) is 7.22. The summed E-state index contributed by atoms with van der Waals surface area (Å²) >= 11 is 1.65. The highest BCUT2D eigenvalue weighted by Crippen LogP contribution is 2.28. The number of rotatable bonds is 11. The summed E-state index contributed by atoms with van der Waals surface area (Å²) in [4.78, 5) is 29.6. The lowest BCUT2D eigenvalue weighted by Gasteiger charge is -2.27. The van der Waals surface area contributed by atoms with Crippen LogP contribution in [0.3, 0.4) is 0 Å². The van der Waals surface area contributed by atoms with Crippen LogP contribution in [0.25, 0.3) is 0 Å². The molecule has 2 rings (SSSR count). The third kappa shape index (κ3) is 6.49. The molecule has 1 heterocycles. The normalized spacial score (nSPS) is 10.6. The molecule has 0 radical (unpaired) electrons. The Morgan fingerprint density at radius 2 is 1.77 bits per heavy atom. The zero-order valence-electron chi connectivity index (χ0n) is 18.6. The van der Waals surface area contributed by atoms with Gasteiger partial charge in [0.1, 0.15) is 0 Å². The number of carbonyl (C=O) groups excluding carboxylic acids is 2. The van der Waals surface area contributed by atoms with Gasteiger partial charge in [0, 0.05) is 24.9 Å². The summed E-state index contributed by atoms with van der Waals surface area (Å²) in [5.74, 6) is 1.25. The first-order valence-electron chi connectivity index (χ1n) is 10.2. The Bertz CT molecular complexity index is 849. The molecule has 0 aliphatic heterocycles. The van der Waals surface area contributed by atoms with E-state index in [0.29, 0.717) is 37.6 Å². The molecule has 6 nitrogen and oxygen atoms in total. The number of thiophene rings is 1. The maximum absolute atomic E-state index is 13.1. The van der Waals surface area contributed by atoms with E-state index in [-0.39, 0.29) is 18.4 Å². The molecule has 2 aromatic rings. The predicted octanol–water partition coefficient (Wildman–Crippen LogP) is 3.90. The minimum absolute atomic E-state index is 0.0353. The monoisotopic (exact) mass is 432 g/mol. The number of amides is 2. The number of benzene rings is 1. The molecular formula is C23H32N2O4S. The summed E-state index contributed by atoms with van der Waals surface area (Å²) in [5.41, 5.74) is 2.24. The van der Waals surface area contributed by atoms with Crippen molar-refractivity contribution in [2.24, 2.45) is 0 Å². The summed E-state index contributed by atoms with van der Waals surface area (Å²) < 4.78 is 10.7. The molecule has 0 N–H and O–H groups in total. The Morgan fingerprint density at radius 3 is 2.33 bits per heavy atom. The number of ether oxygens (including phenoxy) is 2.